The second-order valence-electron chi connectivity index (χ2n) is 1.28. The van der Waals surface area contributed by atoms with Crippen molar-refractivity contribution in [1.82, 2.24) is 0 Å². The van der Waals surface area contributed by atoms with E-state index in [0.717, 1.165) is 12.8 Å². The minimum Gasteiger partial charge on any atom is -0.694 e. The van der Waals surface area contributed by atoms with Gasteiger partial charge in [-0.25, -0.2) is 0 Å². The summed E-state index contributed by atoms with van der Waals surface area (Å²) in [6, 6.07) is 0. The van der Waals surface area contributed by atoms with Gasteiger partial charge >= 0.3 is 0 Å². The molecule has 0 aromatic rings. The van der Waals surface area contributed by atoms with E-state index in [9.17, 15) is 0 Å². The first kappa shape index (κ1) is 5.56. The number of unbranched alkanes of at least 4 members (excludes halogenated alkanes) is 2. The predicted octanol–water partition coefficient (Wildman–Crippen LogP) is 1.77. The van der Waals surface area contributed by atoms with Gasteiger partial charge in [0.2, 0.25) is 0 Å². The number of hydrogen-bond acceptors (Lipinski definition) is 0. The smallest absolute Gasteiger partial charge is 0.0314 e. The van der Waals surface area contributed by atoms with Gasteiger partial charge in [-0.2, -0.15) is 0 Å². The minimum absolute atomic E-state index is 0.830. The molecule has 0 spiro atoms. The quantitative estimate of drug-likeness (QED) is 0.270. The minimum atomic E-state index is 0.830. The lowest BCUT2D eigenvalue weighted by atomic mass is 10.3. The summed E-state index contributed by atoms with van der Waals surface area (Å²) in [5.74, 6) is 2.32. The van der Waals surface area contributed by atoms with E-state index in [4.69, 9.17) is 6.42 Å². The van der Waals surface area contributed by atoms with Crippen molar-refractivity contribution in [1.29, 1.82) is 0 Å². The van der Waals surface area contributed by atoms with Crippen LogP contribution in [0, 0.1) is 12.3 Å². The van der Waals surface area contributed by atoms with Gasteiger partial charge in [-0.15, -0.1) is 0 Å². The van der Waals surface area contributed by atoms with E-state index in [-0.39, 0.29) is 0 Å². The maximum Gasteiger partial charge on any atom is -0.0314 e. The largest absolute Gasteiger partial charge is 0.694 e. The van der Waals surface area contributed by atoms with Crippen molar-refractivity contribution >= 4 is 0 Å². The molecule has 0 atom stereocenters. The molecule has 0 aliphatic rings. The first-order valence-corrected chi connectivity index (χ1v) is 2.31. The molecule has 0 saturated heterocycles. The molecular formula is C6H9-. The molecule has 6 heavy (non-hydrogen) atoms. The Hall–Kier alpha value is -0.440. The van der Waals surface area contributed by atoms with Crippen molar-refractivity contribution in [3.63, 3.8) is 0 Å². The lowest BCUT2D eigenvalue weighted by Gasteiger charge is -1.85. The molecule has 0 aliphatic carbocycles. The Morgan fingerprint density at radius 3 is 2.50 bits per heavy atom. The molecule has 0 aromatic carbocycles. The highest BCUT2D eigenvalue weighted by Crippen LogP contribution is 1.88. The average molecular weight is 81.1 g/mol. The molecule has 0 fully saturated rings. The van der Waals surface area contributed by atoms with E-state index in [0.29, 0.717) is 0 Å². The third-order valence-corrected chi connectivity index (χ3v) is 0.655. The first-order chi connectivity index (χ1) is 2.91. The summed E-state index contributed by atoms with van der Waals surface area (Å²) in [6.07, 6.45) is 9.57. The van der Waals surface area contributed by atoms with Gasteiger partial charge in [-0.1, -0.05) is 13.3 Å². The van der Waals surface area contributed by atoms with Crippen LogP contribution in [0.5, 0.6) is 0 Å². The van der Waals surface area contributed by atoms with E-state index >= 15 is 0 Å². The zero-order chi connectivity index (χ0) is 4.83. The van der Waals surface area contributed by atoms with Crippen LogP contribution in [0.3, 0.4) is 0 Å². The lowest BCUT2D eigenvalue weighted by molar-refractivity contribution is 0.828. The fraction of sp³-hybridized carbons (Fsp3) is 0.667. The van der Waals surface area contributed by atoms with Crippen molar-refractivity contribution in [3.8, 4) is 5.92 Å². The molecule has 0 aromatic heterocycles. The van der Waals surface area contributed by atoms with E-state index in [2.05, 4.69) is 12.8 Å². The molecule has 0 rings (SSSR count). The molecule has 0 saturated carbocycles. The van der Waals surface area contributed by atoms with Crippen molar-refractivity contribution in [2.75, 3.05) is 0 Å². The van der Waals surface area contributed by atoms with Gasteiger partial charge in [-0.05, 0) is 12.8 Å². The third kappa shape index (κ3) is 3.56. The zero-order valence-electron chi connectivity index (χ0n) is 4.12. The Morgan fingerprint density at radius 2 is 2.33 bits per heavy atom. The van der Waals surface area contributed by atoms with Crippen LogP contribution in [0.4, 0.5) is 0 Å². The monoisotopic (exact) mass is 81.1 g/mol. The van der Waals surface area contributed by atoms with Crippen molar-refractivity contribution < 1.29 is 0 Å². The second kappa shape index (κ2) is 4.56. The van der Waals surface area contributed by atoms with Gasteiger partial charge in [0.05, 0.1) is 0 Å². The highest BCUT2D eigenvalue weighted by atomic mass is 13.8. The lowest BCUT2D eigenvalue weighted by Crippen LogP contribution is -1.62. The molecule has 34 valence electrons. The highest BCUT2D eigenvalue weighted by molar-refractivity contribution is 4.73. The van der Waals surface area contributed by atoms with Crippen LogP contribution in [0.15, 0.2) is 0 Å². The van der Waals surface area contributed by atoms with Gasteiger partial charge in [0, 0.05) is 0 Å². The van der Waals surface area contributed by atoms with E-state index in [1.165, 1.54) is 6.42 Å². The summed E-state index contributed by atoms with van der Waals surface area (Å²) < 4.78 is 0. The van der Waals surface area contributed by atoms with Gasteiger partial charge in [0.1, 0.15) is 0 Å². The van der Waals surface area contributed by atoms with Crippen LogP contribution in [0.2, 0.25) is 0 Å². The Labute approximate surface area is 39.6 Å². The first-order valence-electron chi connectivity index (χ1n) is 2.31. The SMILES string of the molecule is [C-]#CCCCC. The van der Waals surface area contributed by atoms with E-state index in [1.54, 1.807) is 0 Å². The van der Waals surface area contributed by atoms with Crippen molar-refractivity contribution in [3.05, 3.63) is 6.42 Å². The zero-order valence-corrected chi connectivity index (χ0v) is 4.12. The summed E-state index contributed by atoms with van der Waals surface area (Å²) in [6.45, 7) is 2.11. The molecule has 0 unspecified atom stereocenters. The standard InChI is InChI=1S/C6H9/c1-3-5-6-4-2/h3,5-6H2,1H3/q-1. The Balaban J connectivity index is 2.54. The summed E-state index contributed by atoms with van der Waals surface area (Å²) in [5, 5.41) is 0. The van der Waals surface area contributed by atoms with Crippen LogP contribution in [0.25, 0.3) is 0 Å². The Kier molecular flexibility index (Phi) is 4.23. The summed E-state index contributed by atoms with van der Waals surface area (Å²) in [7, 11) is 0. The van der Waals surface area contributed by atoms with Crippen LogP contribution < -0.4 is 0 Å². The summed E-state index contributed by atoms with van der Waals surface area (Å²) in [5.41, 5.74) is 0. The van der Waals surface area contributed by atoms with Crippen LogP contribution >= 0.6 is 0 Å². The van der Waals surface area contributed by atoms with Gasteiger partial charge in [0.25, 0.3) is 0 Å². The fourth-order valence-corrected chi connectivity index (χ4v) is 0.265. The van der Waals surface area contributed by atoms with E-state index < -0.39 is 0 Å². The molecule has 0 heteroatoms. The predicted molar refractivity (Wildman–Crippen MR) is 26.7 cm³/mol. The molecule has 0 bridgehead atoms. The molecule has 0 amide bonds. The van der Waals surface area contributed by atoms with Gasteiger partial charge in [0.15, 0.2) is 0 Å². The molecule has 0 heterocycles. The Bertz CT molecular complexity index is 47.5. The van der Waals surface area contributed by atoms with Crippen LogP contribution in [-0.4, -0.2) is 0 Å². The molecule has 0 aliphatic heterocycles. The second-order valence-corrected chi connectivity index (χ2v) is 1.28. The summed E-state index contributed by atoms with van der Waals surface area (Å²) in [4.78, 5) is 0. The maximum atomic E-state index is 6.46. The molecule has 0 radical (unpaired) electrons. The normalized spacial score (nSPS) is 7.33. The van der Waals surface area contributed by atoms with Crippen molar-refractivity contribution in [2.24, 2.45) is 0 Å². The number of rotatable bonds is 2. The maximum absolute atomic E-state index is 6.46. The van der Waals surface area contributed by atoms with Crippen LogP contribution in [-0.2, 0) is 0 Å². The average Bonchev–Trinajstić information content (AvgIpc) is 1.61. The van der Waals surface area contributed by atoms with Gasteiger partial charge in [-0.3, -0.25) is 0 Å². The molecular weight excluding hydrogens is 72.1 g/mol. The fourth-order valence-electron chi connectivity index (χ4n) is 0.265. The topological polar surface area (TPSA) is 0 Å². The molecule has 0 N–H and O–H groups in total. The molecule has 0 nitrogen and oxygen atoms in total. The van der Waals surface area contributed by atoms with Crippen LogP contribution in [0.1, 0.15) is 26.2 Å². The van der Waals surface area contributed by atoms with Gasteiger partial charge < -0.3 is 12.3 Å². The summed E-state index contributed by atoms with van der Waals surface area (Å²) >= 11 is 0. The number of hydrogen-bond donors (Lipinski definition) is 0. The highest BCUT2D eigenvalue weighted by Gasteiger charge is 1.67. The van der Waals surface area contributed by atoms with E-state index in [1.807, 2.05) is 0 Å². The van der Waals surface area contributed by atoms with Crippen molar-refractivity contribution in [2.45, 2.75) is 26.2 Å². The Morgan fingerprint density at radius 1 is 1.67 bits per heavy atom. The third-order valence-electron chi connectivity index (χ3n) is 0.655.